The summed E-state index contributed by atoms with van der Waals surface area (Å²) in [6.07, 6.45) is 1.60. The molecule has 0 radical (unpaired) electrons. The SMILES string of the molecule is COc1cc(CNC(=O)[C@@H]2CC[C@H](C(=O)O)C2)ccc1OCc1ccccc1. The molecule has 2 atom stereocenters. The Morgan fingerprint density at radius 2 is 1.79 bits per heavy atom. The number of carbonyl (C=O) groups excluding carboxylic acids is 1. The van der Waals surface area contributed by atoms with Gasteiger partial charge in [0.25, 0.3) is 0 Å². The molecule has 6 nitrogen and oxygen atoms in total. The maximum atomic E-state index is 12.3. The summed E-state index contributed by atoms with van der Waals surface area (Å²) in [5, 5.41) is 12.0. The van der Waals surface area contributed by atoms with Crippen molar-refractivity contribution in [1.29, 1.82) is 0 Å². The number of carboxylic acids is 1. The Bertz CT molecular complexity index is 821. The first-order valence-corrected chi connectivity index (χ1v) is 9.41. The first-order valence-electron chi connectivity index (χ1n) is 9.41. The van der Waals surface area contributed by atoms with Crippen LogP contribution in [-0.2, 0) is 22.7 Å². The van der Waals surface area contributed by atoms with E-state index in [1.54, 1.807) is 7.11 Å². The predicted octanol–water partition coefficient (Wildman–Crippen LogP) is 3.39. The highest BCUT2D eigenvalue weighted by molar-refractivity contribution is 5.80. The van der Waals surface area contributed by atoms with Gasteiger partial charge in [-0.1, -0.05) is 36.4 Å². The molecule has 148 valence electrons. The molecule has 0 bridgehead atoms. The number of rotatable bonds is 8. The number of benzene rings is 2. The van der Waals surface area contributed by atoms with Gasteiger partial charge in [-0.3, -0.25) is 9.59 Å². The first-order chi connectivity index (χ1) is 13.6. The molecule has 0 unspecified atom stereocenters. The third kappa shape index (κ3) is 5.03. The van der Waals surface area contributed by atoms with Gasteiger partial charge < -0.3 is 19.9 Å². The lowest BCUT2D eigenvalue weighted by Gasteiger charge is -2.14. The molecular formula is C22H25NO5. The number of hydrogen-bond donors (Lipinski definition) is 2. The summed E-state index contributed by atoms with van der Waals surface area (Å²) < 4.78 is 11.3. The molecule has 2 aromatic carbocycles. The number of amides is 1. The first kappa shape index (κ1) is 19.7. The van der Waals surface area contributed by atoms with Gasteiger partial charge in [0.15, 0.2) is 11.5 Å². The molecule has 0 saturated heterocycles. The Morgan fingerprint density at radius 3 is 2.46 bits per heavy atom. The summed E-state index contributed by atoms with van der Waals surface area (Å²) in [6.45, 7) is 0.808. The van der Waals surface area contributed by atoms with Crippen LogP contribution in [0.2, 0.25) is 0 Å². The molecule has 3 rings (SSSR count). The maximum Gasteiger partial charge on any atom is 0.306 e. The standard InChI is InChI=1S/C22H25NO5/c1-27-20-11-16(7-10-19(20)28-14-15-5-3-2-4-6-15)13-23-21(24)17-8-9-18(12-17)22(25)26/h2-7,10-11,17-18H,8-9,12-14H2,1H3,(H,23,24)(H,25,26)/t17-,18+/m1/s1. The second-order valence-corrected chi connectivity index (χ2v) is 7.02. The molecule has 0 aromatic heterocycles. The molecule has 2 aromatic rings. The molecule has 1 fully saturated rings. The van der Waals surface area contributed by atoms with Gasteiger partial charge in [-0.25, -0.2) is 0 Å². The quantitative estimate of drug-likeness (QED) is 0.730. The van der Waals surface area contributed by atoms with Gasteiger partial charge in [-0.05, 0) is 42.5 Å². The zero-order valence-corrected chi connectivity index (χ0v) is 15.9. The molecule has 1 saturated carbocycles. The highest BCUT2D eigenvalue weighted by Crippen LogP contribution is 2.32. The molecule has 0 aliphatic heterocycles. The summed E-state index contributed by atoms with van der Waals surface area (Å²) in [6, 6.07) is 15.4. The lowest BCUT2D eigenvalue weighted by Crippen LogP contribution is -2.29. The van der Waals surface area contributed by atoms with Gasteiger partial charge in [-0.15, -0.1) is 0 Å². The second kappa shape index (κ2) is 9.26. The average Bonchev–Trinajstić information content (AvgIpc) is 3.22. The van der Waals surface area contributed by atoms with Gasteiger partial charge in [-0.2, -0.15) is 0 Å². The van der Waals surface area contributed by atoms with E-state index >= 15 is 0 Å². The highest BCUT2D eigenvalue weighted by atomic mass is 16.5. The third-order valence-corrected chi connectivity index (χ3v) is 5.08. The number of carbonyl (C=O) groups is 2. The Hall–Kier alpha value is -3.02. The van der Waals surface area contributed by atoms with Crippen molar-refractivity contribution in [2.45, 2.75) is 32.4 Å². The number of carboxylic acid groups (broad SMARTS) is 1. The van der Waals surface area contributed by atoms with Crippen molar-refractivity contribution in [2.75, 3.05) is 7.11 Å². The number of aliphatic carboxylic acids is 1. The van der Waals surface area contributed by atoms with E-state index in [-0.39, 0.29) is 11.8 Å². The summed E-state index contributed by atoms with van der Waals surface area (Å²) in [5.41, 5.74) is 1.96. The Labute approximate surface area is 164 Å². The molecule has 1 amide bonds. The van der Waals surface area contributed by atoms with Crippen molar-refractivity contribution in [2.24, 2.45) is 11.8 Å². The number of nitrogens with one attached hydrogen (secondary N) is 1. The fourth-order valence-corrected chi connectivity index (χ4v) is 3.45. The van der Waals surface area contributed by atoms with E-state index in [2.05, 4.69) is 5.32 Å². The van der Waals surface area contributed by atoms with Crippen LogP contribution in [0.15, 0.2) is 48.5 Å². The third-order valence-electron chi connectivity index (χ3n) is 5.08. The minimum absolute atomic E-state index is 0.0906. The van der Waals surface area contributed by atoms with E-state index < -0.39 is 11.9 Å². The van der Waals surface area contributed by atoms with Crippen LogP contribution in [0, 0.1) is 11.8 Å². The van der Waals surface area contributed by atoms with Crippen LogP contribution < -0.4 is 14.8 Å². The Balaban J connectivity index is 1.55. The van der Waals surface area contributed by atoms with E-state index in [1.165, 1.54) is 0 Å². The normalized spacial score (nSPS) is 18.5. The van der Waals surface area contributed by atoms with Gasteiger partial charge in [0.1, 0.15) is 6.61 Å². The van der Waals surface area contributed by atoms with Crippen molar-refractivity contribution < 1.29 is 24.2 Å². The van der Waals surface area contributed by atoms with E-state index in [1.807, 2.05) is 48.5 Å². The molecule has 6 heteroatoms. The zero-order valence-electron chi connectivity index (χ0n) is 15.9. The average molecular weight is 383 g/mol. The molecule has 2 N–H and O–H groups in total. The predicted molar refractivity (Wildman–Crippen MR) is 104 cm³/mol. The number of methoxy groups -OCH3 is 1. The minimum atomic E-state index is -0.814. The smallest absolute Gasteiger partial charge is 0.306 e. The van der Waals surface area contributed by atoms with Crippen LogP contribution in [0.5, 0.6) is 11.5 Å². The maximum absolute atomic E-state index is 12.3. The fourth-order valence-electron chi connectivity index (χ4n) is 3.45. The van der Waals surface area contributed by atoms with Crippen molar-refractivity contribution in [3.05, 3.63) is 59.7 Å². The molecule has 0 heterocycles. The van der Waals surface area contributed by atoms with E-state index in [0.717, 1.165) is 11.1 Å². The van der Waals surface area contributed by atoms with Crippen molar-refractivity contribution in [3.63, 3.8) is 0 Å². The van der Waals surface area contributed by atoms with E-state index in [4.69, 9.17) is 14.6 Å². The van der Waals surface area contributed by atoms with E-state index in [0.29, 0.717) is 43.9 Å². The monoisotopic (exact) mass is 383 g/mol. The lowest BCUT2D eigenvalue weighted by atomic mass is 10.0. The zero-order chi connectivity index (χ0) is 19.9. The van der Waals surface area contributed by atoms with Crippen LogP contribution >= 0.6 is 0 Å². The lowest BCUT2D eigenvalue weighted by molar-refractivity contribution is -0.141. The topological polar surface area (TPSA) is 84.9 Å². The van der Waals surface area contributed by atoms with Crippen molar-refractivity contribution in [1.82, 2.24) is 5.32 Å². The van der Waals surface area contributed by atoms with Gasteiger partial charge in [0.05, 0.1) is 13.0 Å². The Morgan fingerprint density at radius 1 is 1.04 bits per heavy atom. The van der Waals surface area contributed by atoms with Gasteiger partial charge in [0, 0.05) is 12.5 Å². The minimum Gasteiger partial charge on any atom is -0.493 e. The molecule has 1 aliphatic rings. The van der Waals surface area contributed by atoms with Crippen LogP contribution in [0.3, 0.4) is 0 Å². The van der Waals surface area contributed by atoms with Crippen LogP contribution in [-0.4, -0.2) is 24.1 Å². The van der Waals surface area contributed by atoms with Crippen LogP contribution in [0.1, 0.15) is 30.4 Å². The molecule has 1 aliphatic carbocycles. The highest BCUT2D eigenvalue weighted by Gasteiger charge is 2.33. The largest absolute Gasteiger partial charge is 0.493 e. The molecule has 28 heavy (non-hydrogen) atoms. The number of ether oxygens (including phenoxy) is 2. The summed E-state index contributed by atoms with van der Waals surface area (Å²) in [7, 11) is 1.58. The number of hydrogen-bond acceptors (Lipinski definition) is 4. The molecule has 0 spiro atoms. The summed E-state index contributed by atoms with van der Waals surface area (Å²) in [5.74, 6) is -0.289. The van der Waals surface area contributed by atoms with Crippen molar-refractivity contribution in [3.8, 4) is 11.5 Å². The Kier molecular flexibility index (Phi) is 6.53. The summed E-state index contributed by atoms with van der Waals surface area (Å²) in [4.78, 5) is 23.3. The second-order valence-electron chi connectivity index (χ2n) is 7.02. The summed E-state index contributed by atoms with van der Waals surface area (Å²) >= 11 is 0. The van der Waals surface area contributed by atoms with E-state index in [9.17, 15) is 9.59 Å². The van der Waals surface area contributed by atoms with Gasteiger partial charge in [0.2, 0.25) is 5.91 Å². The fraction of sp³-hybridized carbons (Fsp3) is 0.364. The van der Waals surface area contributed by atoms with Gasteiger partial charge >= 0.3 is 5.97 Å². The van der Waals surface area contributed by atoms with Crippen molar-refractivity contribution >= 4 is 11.9 Å². The van der Waals surface area contributed by atoms with Crippen LogP contribution in [0.25, 0.3) is 0 Å². The van der Waals surface area contributed by atoms with Crippen LogP contribution in [0.4, 0.5) is 0 Å². The molecular weight excluding hydrogens is 358 g/mol.